The smallest absolute Gasteiger partial charge is 0.137 e. The van der Waals surface area contributed by atoms with Gasteiger partial charge in [-0.05, 0) is 19.3 Å². The van der Waals surface area contributed by atoms with Crippen LogP contribution >= 0.6 is 11.6 Å². The van der Waals surface area contributed by atoms with Crippen molar-refractivity contribution in [2.75, 3.05) is 18.1 Å². The summed E-state index contributed by atoms with van der Waals surface area (Å²) in [5.74, 6) is 1.00. The van der Waals surface area contributed by atoms with Crippen LogP contribution < -0.4 is 4.90 Å². The Balaban J connectivity index is 1.67. The molecule has 0 radical (unpaired) electrons. The van der Waals surface area contributed by atoms with Crippen LogP contribution in [0.2, 0.25) is 5.15 Å². The fourth-order valence-corrected chi connectivity index (χ4v) is 3.99. The predicted molar refractivity (Wildman–Crippen MR) is 73.5 cm³/mol. The van der Waals surface area contributed by atoms with Gasteiger partial charge < -0.3 is 9.64 Å². The standard InChI is InChI=1S/C14H16ClN3O/c1-2-14-5-10(11(6-14)19-7-14)18-4-3-9-12(15)16-8-17-13(9)18/h2,8,10-11H,1,3-7H2/t10-,11-,14-/m1/s1. The number of ether oxygens (including phenoxy) is 1. The van der Waals surface area contributed by atoms with Crippen molar-refractivity contribution in [2.45, 2.75) is 31.4 Å². The van der Waals surface area contributed by atoms with Crippen molar-refractivity contribution in [3.05, 3.63) is 29.7 Å². The Bertz CT molecular complexity index is 549. The van der Waals surface area contributed by atoms with Crippen molar-refractivity contribution in [1.29, 1.82) is 0 Å². The second-order valence-corrected chi connectivity index (χ2v) is 6.16. The molecule has 0 aromatic carbocycles. The van der Waals surface area contributed by atoms with Crippen LogP contribution in [0.3, 0.4) is 0 Å². The van der Waals surface area contributed by atoms with Crippen molar-refractivity contribution in [2.24, 2.45) is 5.41 Å². The van der Waals surface area contributed by atoms with Gasteiger partial charge in [0.25, 0.3) is 0 Å². The zero-order chi connectivity index (χ0) is 13.0. The average molecular weight is 278 g/mol. The fraction of sp³-hybridized carbons (Fsp3) is 0.571. The van der Waals surface area contributed by atoms with Crippen molar-refractivity contribution in [3.63, 3.8) is 0 Å². The third-order valence-electron chi connectivity index (χ3n) is 4.82. The molecule has 4 nitrogen and oxygen atoms in total. The first-order chi connectivity index (χ1) is 9.22. The lowest BCUT2D eigenvalue weighted by Crippen LogP contribution is -2.43. The molecule has 3 heterocycles. The third kappa shape index (κ3) is 1.56. The second-order valence-electron chi connectivity index (χ2n) is 5.80. The molecule has 100 valence electrons. The Hall–Kier alpha value is -1.13. The lowest BCUT2D eigenvalue weighted by Gasteiger charge is -2.34. The van der Waals surface area contributed by atoms with Crippen LogP contribution in [-0.4, -0.2) is 35.3 Å². The van der Waals surface area contributed by atoms with Crippen LogP contribution in [0.4, 0.5) is 5.82 Å². The molecule has 1 aromatic rings. The van der Waals surface area contributed by atoms with Crippen LogP contribution in [0.25, 0.3) is 0 Å². The highest BCUT2D eigenvalue weighted by Crippen LogP contribution is 2.50. The SMILES string of the molecule is C=C[C@]12CO[C@H](C1)[C@H](N1CCc3c(Cl)ncnc31)C2. The van der Waals surface area contributed by atoms with E-state index in [2.05, 4.69) is 27.5 Å². The molecule has 0 unspecified atom stereocenters. The number of rotatable bonds is 2. The lowest BCUT2D eigenvalue weighted by molar-refractivity contribution is 0.0468. The van der Waals surface area contributed by atoms with E-state index in [1.165, 1.54) is 0 Å². The molecule has 1 saturated carbocycles. The molecule has 0 amide bonds. The van der Waals surface area contributed by atoms with E-state index >= 15 is 0 Å². The predicted octanol–water partition coefficient (Wildman–Crippen LogP) is 2.23. The summed E-state index contributed by atoms with van der Waals surface area (Å²) in [4.78, 5) is 10.9. The van der Waals surface area contributed by atoms with Crippen LogP contribution in [0.1, 0.15) is 18.4 Å². The van der Waals surface area contributed by atoms with Gasteiger partial charge in [-0.25, -0.2) is 9.97 Å². The van der Waals surface area contributed by atoms with Gasteiger partial charge in [-0.3, -0.25) is 0 Å². The molecule has 19 heavy (non-hydrogen) atoms. The van der Waals surface area contributed by atoms with E-state index in [4.69, 9.17) is 16.3 Å². The zero-order valence-electron chi connectivity index (χ0n) is 10.7. The van der Waals surface area contributed by atoms with Gasteiger partial charge in [0.15, 0.2) is 0 Å². The van der Waals surface area contributed by atoms with Crippen molar-refractivity contribution in [1.82, 2.24) is 9.97 Å². The van der Waals surface area contributed by atoms with Gasteiger partial charge in [0.2, 0.25) is 0 Å². The first-order valence-corrected chi connectivity index (χ1v) is 7.11. The molecular weight excluding hydrogens is 262 g/mol. The Labute approximate surface area is 117 Å². The minimum Gasteiger partial charge on any atom is -0.375 e. The molecule has 0 spiro atoms. The number of aromatic nitrogens is 2. The number of fused-ring (bicyclic) bond motifs is 3. The molecule has 3 atom stereocenters. The first kappa shape index (κ1) is 11.7. The molecule has 1 aliphatic carbocycles. The first-order valence-electron chi connectivity index (χ1n) is 6.74. The summed E-state index contributed by atoms with van der Waals surface area (Å²) in [6, 6.07) is 0.402. The molecule has 1 aromatic heterocycles. The minimum atomic E-state index is 0.176. The normalized spacial score (nSPS) is 35.7. The summed E-state index contributed by atoms with van der Waals surface area (Å²) in [5, 5.41) is 0.593. The summed E-state index contributed by atoms with van der Waals surface area (Å²) >= 11 is 6.15. The molecule has 5 heteroatoms. The third-order valence-corrected chi connectivity index (χ3v) is 5.14. The summed E-state index contributed by atoms with van der Waals surface area (Å²) in [6.45, 7) is 5.77. The van der Waals surface area contributed by atoms with E-state index in [1.54, 1.807) is 6.33 Å². The highest BCUT2D eigenvalue weighted by atomic mass is 35.5. The largest absolute Gasteiger partial charge is 0.375 e. The van der Waals surface area contributed by atoms with E-state index < -0.39 is 0 Å². The van der Waals surface area contributed by atoms with Crippen LogP contribution in [0.15, 0.2) is 19.0 Å². The molecule has 2 fully saturated rings. The van der Waals surface area contributed by atoms with Gasteiger partial charge >= 0.3 is 0 Å². The highest BCUT2D eigenvalue weighted by Gasteiger charge is 2.53. The maximum atomic E-state index is 6.15. The van der Waals surface area contributed by atoms with Crippen molar-refractivity contribution in [3.8, 4) is 0 Å². The quantitative estimate of drug-likeness (QED) is 0.614. The van der Waals surface area contributed by atoms with E-state index in [-0.39, 0.29) is 5.41 Å². The average Bonchev–Trinajstić information content (AvgIpc) is 3.11. The van der Waals surface area contributed by atoms with E-state index in [0.29, 0.717) is 17.3 Å². The molecule has 2 aliphatic heterocycles. The Morgan fingerprint density at radius 1 is 1.47 bits per heavy atom. The Morgan fingerprint density at radius 2 is 2.37 bits per heavy atom. The van der Waals surface area contributed by atoms with E-state index in [1.807, 2.05) is 0 Å². The molecule has 3 aliphatic rings. The number of hydrogen-bond donors (Lipinski definition) is 0. The van der Waals surface area contributed by atoms with Crippen molar-refractivity contribution < 1.29 is 4.74 Å². The molecule has 1 saturated heterocycles. The van der Waals surface area contributed by atoms with Gasteiger partial charge in [-0.1, -0.05) is 17.7 Å². The molecule has 0 N–H and O–H groups in total. The van der Waals surface area contributed by atoms with Crippen LogP contribution in [-0.2, 0) is 11.2 Å². The molecule has 2 bridgehead atoms. The monoisotopic (exact) mass is 277 g/mol. The maximum Gasteiger partial charge on any atom is 0.137 e. The topological polar surface area (TPSA) is 38.2 Å². The van der Waals surface area contributed by atoms with Crippen LogP contribution in [0, 0.1) is 5.41 Å². The summed E-state index contributed by atoms with van der Waals surface area (Å²) in [6.07, 6.45) is 7.07. The summed E-state index contributed by atoms with van der Waals surface area (Å²) in [7, 11) is 0. The Kier molecular flexibility index (Phi) is 2.42. The number of nitrogens with zero attached hydrogens (tertiary/aromatic N) is 3. The second kappa shape index (κ2) is 3.93. The number of anilines is 1. The molecule has 4 rings (SSSR count). The van der Waals surface area contributed by atoms with Gasteiger partial charge in [0.1, 0.15) is 17.3 Å². The summed E-state index contributed by atoms with van der Waals surface area (Å²) < 4.78 is 5.93. The Morgan fingerprint density at radius 3 is 3.16 bits per heavy atom. The van der Waals surface area contributed by atoms with Gasteiger partial charge in [0.05, 0.1) is 18.8 Å². The zero-order valence-corrected chi connectivity index (χ0v) is 11.4. The summed E-state index contributed by atoms with van der Waals surface area (Å²) in [5.41, 5.74) is 1.26. The van der Waals surface area contributed by atoms with Crippen LogP contribution in [0.5, 0.6) is 0 Å². The maximum absolute atomic E-state index is 6.15. The van der Waals surface area contributed by atoms with E-state index in [9.17, 15) is 0 Å². The highest BCUT2D eigenvalue weighted by molar-refractivity contribution is 6.30. The van der Waals surface area contributed by atoms with Gasteiger partial charge in [0, 0.05) is 17.5 Å². The van der Waals surface area contributed by atoms with Gasteiger partial charge in [-0.15, -0.1) is 6.58 Å². The molecular formula is C14H16ClN3O. The number of halogens is 1. The van der Waals surface area contributed by atoms with E-state index in [0.717, 1.165) is 43.8 Å². The van der Waals surface area contributed by atoms with Crippen molar-refractivity contribution >= 4 is 17.4 Å². The van der Waals surface area contributed by atoms with Gasteiger partial charge in [-0.2, -0.15) is 0 Å². The fourth-order valence-electron chi connectivity index (χ4n) is 3.77. The number of hydrogen-bond acceptors (Lipinski definition) is 4. The minimum absolute atomic E-state index is 0.176. The lowest BCUT2D eigenvalue weighted by atomic mass is 9.88.